The number of hydrogen-bond acceptors (Lipinski definition) is 3. The van der Waals surface area contributed by atoms with Gasteiger partial charge in [0.15, 0.2) is 0 Å². The first-order valence-electron chi connectivity index (χ1n) is 4.99. The zero-order valence-electron chi connectivity index (χ0n) is 8.04. The van der Waals surface area contributed by atoms with Crippen LogP contribution in [0.4, 0.5) is 0 Å². The highest BCUT2D eigenvalue weighted by Gasteiger charge is 2.16. The molecule has 1 unspecified atom stereocenters. The van der Waals surface area contributed by atoms with Crippen molar-refractivity contribution in [3.8, 4) is 0 Å². The second kappa shape index (κ2) is 4.80. The highest BCUT2D eigenvalue weighted by molar-refractivity contribution is 6.16. The van der Waals surface area contributed by atoms with Gasteiger partial charge in [-0.2, -0.15) is 0 Å². The normalized spacial score (nSPS) is 22.5. The van der Waals surface area contributed by atoms with E-state index in [4.69, 9.17) is 20.8 Å². The predicted molar refractivity (Wildman–Crippen MR) is 53.4 cm³/mol. The maximum absolute atomic E-state index is 5.60. The first kappa shape index (κ1) is 9.99. The van der Waals surface area contributed by atoms with Gasteiger partial charge in [-0.05, 0) is 19.3 Å². The lowest BCUT2D eigenvalue weighted by Crippen LogP contribution is -2.21. The molecular formula is C10H14ClNO2. The number of nitrogens with zero attached hydrogens (tertiary/aromatic N) is 1. The molecule has 0 saturated carbocycles. The summed E-state index contributed by atoms with van der Waals surface area (Å²) in [6.07, 6.45) is 6.43. The molecule has 3 nitrogen and oxygen atoms in total. The largest absolute Gasteiger partial charge is 0.444 e. The maximum atomic E-state index is 5.60. The van der Waals surface area contributed by atoms with Crippen molar-refractivity contribution >= 4 is 11.6 Å². The lowest BCUT2D eigenvalue weighted by molar-refractivity contribution is 0.0138. The predicted octanol–water partition coefficient (Wildman–Crippen LogP) is 2.53. The van der Waals surface area contributed by atoms with Crippen molar-refractivity contribution in [1.82, 2.24) is 4.98 Å². The molecule has 2 heterocycles. The Morgan fingerprint density at radius 1 is 1.50 bits per heavy atom. The Hall–Kier alpha value is -0.540. The van der Waals surface area contributed by atoms with Crippen LogP contribution < -0.4 is 0 Å². The minimum Gasteiger partial charge on any atom is -0.444 e. The van der Waals surface area contributed by atoms with Crippen LogP contribution in [0.1, 0.15) is 30.9 Å². The second-order valence-electron chi connectivity index (χ2n) is 3.55. The van der Waals surface area contributed by atoms with Gasteiger partial charge in [-0.15, -0.1) is 11.6 Å². The topological polar surface area (TPSA) is 35.3 Å². The highest BCUT2D eigenvalue weighted by Crippen LogP contribution is 2.18. The van der Waals surface area contributed by atoms with Gasteiger partial charge in [0.05, 0.1) is 18.2 Å². The van der Waals surface area contributed by atoms with E-state index in [2.05, 4.69) is 4.98 Å². The third kappa shape index (κ3) is 2.49. The molecular weight excluding hydrogens is 202 g/mol. The molecule has 0 spiro atoms. The summed E-state index contributed by atoms with van der Waals surface area (Å²) in [6.45, 7) is 0.876. The highest BCUT2D eigenvalue weighted by atomic mass is 35.5. The first-order valence-corrected chi connectivity index (χ1v) is 5.53. The van der Waals surface area contributed by atoms with Crippen molar-refractivity contribution in [2.45, 2.75) is 37.7 Å². The zero-order chi connectivity index (χ0) is 9.80. The van der Waals surface area contributed by atoms with E-state index in [-0.39, 0.29) is 0 Å². The van der Waals surface area contributed by atoms with E-state index < -0.39 is 0 Å². The van der Waals surface area contributed by atoms with Crippen molar-refractivity contribution in [2.24, 2.45) is 0 Å². The first-order chi connectivity index (χ1) is 6.88. The smallest absolute Gasteiger partial charge is 0.209 e. The number of alkyl halides is 1. The second-order valence-corrected chi connectivity index (χ2v) is 3.81. The SMILES string of the molecule is ClCc1ncc(CC2CCCCO2)o1. The average Bonchev–Trinajstić information content (AvgIpc) is 2.67. The molecule has 14 heavy (non-hydrogen) atoms. The molecule has 1 aromatic rings. The molecule has 78 valence electrons. The minimum atomic E-state index is 0.305. The van der Waals surface area contributed by atoms with E-state index in [9.17, 15) is 0 Å². The Labute approximate surface area is 88.4 Å². The molecule has 0 aliphatic carbocycles. The maximum Gasteiger partial charge on any atom is 0.209 e. The van der Waals surface area contributed by atoms with Crippen LogP contribution in [0.15, 0.2) is 10.6 Å². The molecule has 0 N–H and O–H groups in total. The molecule has 1 atom stereocenters. The van der Waals surface area contributed by atoms with E-state index in [1.54, 1.807) is 6.20 Å². The quantitative estimate of drug-likeness (QED) is 0.727. The monoisotopic (exact) mass is 215 g/mol. The Kier molecular flexibility index (Phi) is 3.43. The molecule has 1 aromatic heterocycles. The van der Waals surface area contributed by atoms with Crippen LogP contribution in [-0.2, 0) is 17.0 Å². The molecule has 1 fully saturated rings. The zero-order valence-corrected chi connectivity index (χ0v) is 8.79. The van der Waals surface area contributed by atoms with Crippen LogP contribution >= 0.6 is 11.6 Å². The number of halogens is 1. The van der Waals surface area contributed by atoms with Crippen LogP contribution in [0.5, 0.6) is 0 Å². The summed E-state index contributed by atoms with van der Waals surface area (Å²) in [7, 11) is 0. The summed E-state index contributed by atoms with van der Waals surface area (Å²) in [4.78, 5) is 4.05. The molecule has 0 amide bonds. The molecule has 0 aromatic carbocycles. The number of aromatic nitrogens is 1. The van der Waals surface area contributed by atoms with Gasteiger partial charge in [-0.3, -0.25) is 0 Å². The molecule has 0 bridgehead atoms. The molecule has 1 saturated heterocycles. The van der Waals surface area contributed by atoms with Gasteiger partial charge < -0.3 is 9.15 Å². The van der Waals surface area contributed by atoms with E-state index in [0.717, 1.165) is 25.2 Å². The van der Waals surface area contributed by atoms with E-state index in [1.165, 1.54) is 12.8 Å². The Morgan fingerprint density at radius 3 is 3.07 bits per heavy atom. The van der Waals surface area contributed by atoms with Gasteiger partial charge in [-0.25, -0.2) is 4.98 Å². The molecule has 1 aliphatic heterocycles. The lowest BCUT2D eigenvalue weighted by atomic mass is 10.1. The van der Waals surface area contributed by atoms with E-state index in [0.29, 0.717) is 17.9 Å². The average molecular weight is 216 g/mol. The summed E-state index contributed by atoms with van der Waals surface area (Å²) in [5.74, 6) is 1.82. The van der Waals surface area contributed by atoms with Crippen LogP contribution in [0.2, 0.25) is 0 Å². The van der Waals surface area contributed by atoms with Crippen molar-refractivity contribution in [3.05, 3.63) is 17.8 Å². The van der Waals surface area contributed by atoms with E-state index >= 15 is 0 Å². The summed E-state index contributed by atoms with van der Waals surface area (Å²) >= 11 is 5.60. The molecule has 2 rings (SSSR count). The van der Waals surface area contributed by atoms with Gasteiger partial charge in [0, 0.05) is 13.0 Å². The standard InChI is InChI=1S/C10H14ClNO2/c11-6-10-12-7-9(14-10)5-8-3-1-2-4-13-8/h7-8H,1-6H2. The van der Waals surface area contributed by atoms with Gasteiger partial charge in [-0.1, -0.05) is 0 Å². The summed E-state index contributed by atoms with van der Waals surface area (Å²) in [5, 5.41) is 0. The Bertz CT molecular complexity index is 281. The van der Waals surface area contributed by atoms with Crippen molar-refractivity contribution in [1.29, 1.82) is 0 Å². The van der Waals surface area contributed by atoms with Crippen molar-refractivity contribution in [2.75, 3.05) is 6.61 Å². The number of rotatable bonds is 3. The third-order valence-electron chi connectivity index (χ3n) is 2.42. The molecule has 4 heteroatoms. The van der Waals surface area contributed by atoms with Gasteiger partial charge in [0.25, 0.3) is 0 Å². The fourth-order valence-electron chi connectivity index (χ4n) is 1.70. The Balaban J connectivity index is 1.89. The van der Waals surface area contributed by atoms with Gasteiger partial charge in [0.1, 0.15) is 5.76 Å². The van der Waals surface area contributed by atoms with Crippen molar-refractivity contribution in [3.63, 3.8) is 0 Å². The minimum absolute atomic E-state index is 0.305. The number of ether oxygens (including phenoxy) is 1. The summed E-state index contributed by atoms with van der Waals surface area (Å²) in [5.41, 5.74) is 0. The van der Waals surface area contributed by atoms with E-state index in [1.807, 2.05) is 0 Å². The fourth-order valence-corrected chi connectivity index (χ4v) is 1.82. The summed E-state index contributed by atoms with van der Waals surface area (Å²) < 4.78 is 11.0. The van der Waals surface area contributed by atoms with Gasteiger partial charge >= 0.3 is 0 Å². The van der Waals surface area contributed by atoms with Crippen LogP contribution in [0.25, 0.3) is 0 Å². The van der Waals surface area contributed by atoms with Crippen LogP contribution in [0.3, 0.4) is 0 Å². The van der Waals surface area contributed by atoms with Crippen LogP contribution in [-0.4, -0.2) is 17.7 Å². The lowest BCUT2D eigenvalue weighted by Gasteiger charge is -2.21. The summed E-state index contributed by atoms with van der Waals surface area (Å²) in [6, 6.07) is 0. The number of oxazole rings is 1. The fraction of sp³-hybridized carbons (Fsp3) is 0.700. The van der Waals surface area contributed by atoms with Crippen molar-refractivity contribution < 1.29 is 9.15 Å². The third-order valence-corrected chi connectivity index (χ3v) is 2.65. The van der Waals surface area contributed by atoms with Crippen LogP contribution in [0, 0.1) is 0 Å². The molecule has 1 aliphatic rings. The van der Waals surface area contributed by atoms with Gasteiger partial charge in [0.2, 0.25) is 5.89 Å². The molecule has 0 radical (unpaired) electrons. The number of hydrogen-bond donors (Lipinski definition) is 0. The Morgan fingerprint density at radius 2 is 2.43 bits per heavy atom.